The number of hydrogen-bond donors (Lipinski definition) is 2. The van der Waals surface area contributed by atoms with Crippen LogP contribution in [0.5, 0.6) is 11.5 Å². The third-order valence-electron chi connectivity index (χ3n) is 4.01. The molecule has 11 heteroatoms. The molecule has 0 aliphatic carbocycles. The predicted octanol–water partition coefficient (Wildman–Crippen LogP) is 1.60. The number of methoxy groups -OCH3 is 2. The van der Waals surface area contributed by atoms with Crippen molar-refractivity contribution in [3.05, 3.63) is 23.2 Å². The van der Waals surface area contributed by atoms with E-state index in [0.29, 0.717) is 53.6 Å². The molecular formula is C17H21N5O5S. The number of morpholine rings is 1. The third-order valence-corrected chi connectivity index (χ3v) is 4.85. The van der Waals surface area contributed by atoms with Gasteiger partial charge in [0.15, 0.2) is 0 Å². The lowest BCUT2D eigenvalue weighted by atomic mass is 10.2. The molecule has 150 valence electrons. The van der Waals surface area contributed by atoms with Crippen LogP contribution in [0.1, 0.15) is 5.01 Å². The molecule has 0 spiro atoms. The minimum absolute atomic E-state index is 0.0292. The van der Waals surface area contributed by atoms with Gasteiger partial charge in [-0.25, -0.2) is 4.79 Å². The highest BCUT2D eigenvalue weighted by Crippen LogP contribution is 2.29. The molecule has 1 aliphatic rings. The highest BCUT2D eigenvalue weighted by atomic mass is 32.1. The van der Waals surface area contributed by atoms with Crippen LogP contribution in [0.3, 0.4) is 0 Å². The number of amides is 3. The van der Waals surface area contributed by atoms with Crippen molar-refractivity contribution in [2.45, 2.75) is 6.42 Å². The second-order valence-corrected chi connectivity index (χ2v) is 6.88. The zero-order valence-corrected chi connectivity index (χ0v) is 16.4. The SMILES string of the molecule is COc1ccc(NC(=O)Nc2nnc(CC(=O)N3CCOCC3)s2)c(OC)c1. The molecule has 0 bridgehead atoms. The van der Waals surface area contributed by atoms with E-state index in [1.807, 2.05) is 0 Å². The monoisotopic (exact) mass is 407 g/mol. The maximum atomic E-state index is 12.2. The summed E-state index contributed by atoms with van der Waals surface area (Å²) in [5.74, 6) is 1.04. The fraction of sp³-hybridized carbons (Fsp3) is 0.412. The molecule has 28 heavy (non-hydrogen) atoms. The normalized spacial score (nSPS) is 13.7. The van der Waals surface area contributed by atoms with Gasteiger partial charge in [-0.1, -0.05) is 11.3 Å². The Morgan fingerprint density at radius 3 is 2.68 bits per heavy atom. The molecule has 10 nitrogen and oxygen atoms in total. The fourth-order valence-corrected chi connectivity index (χ4v) is 3.31. The van der Waals surface area contributed by atoms with Crippen molar-refractivity contribution in [1.82, 2.24) is 15.1 Å². The van der Waals surface area contributed by atoms with Gasteiger partial charge in [-0.15, -0.1) is 10.2 Å². The standard InChI is InChI=1S/C17H21N5O5S/c1-25-11-3-4-12(13(9-11)26-2)18-16(24)19-17-21-20-14(28-17)10-15(23)22-5-7-27-8-6-22/h3-4,9H,5-8,10H2,1-2H3,(H2,18,19,21,24). The summed E-state index contributed by atoms with van der Waals surface area (Å²) in [6.45, 7) is 2.25. The average molecular weight is 407 g/mol. The number of carbonyl (C=O) groups is 2. The first-order valence-corrected chi connectivity index (χ1v) is 9.38. The van der Waals surface area contributed by atoms with Crippen LogP contribution in [0, 0.1) is 0 Å². The van der Waals surface area contributed by atoms with Gasteiger partial charge >= 0.3 is 6.03 Å². The van der Waals surface area contributed by atoms with E-state index in [0.717, 1.165) is 11.3 Å². The Hall–Kier alpha value is -2.92. The summed E-state index contributed by atoms with van der Waals surface area (Å²) in [7, 11) is 3.05. The van der Waals surface area contributed by atoms with E-state index in [1.165, 1.54) is 7.11 Å². The smallest absolute Gasteiger partial charge is 0.325 e. The van der Waals surface area contributed by atoms with Crippen LogP contribution >= 0.6 is 11.3 Å². The molecular weight excluding hydrogens is 386 g/mol. The van der Waals surface area contributed by atoms with E-state index in [-0.39, 0.29) is 12.3 Å². The maximum Gasteiger partial charge on any atom is 0.325 e. The van der Waals surface area contributed by atoms with Gasteiger partial charge in [0, 0.05) is 19.2 Å². The first kappa shape index (κ1) is 19.8. The second-order valence-electron chi connectivity index (χ2n) is 5.82. The summed E-state index contributed by atoms with van der Waals surface area (Å²) in [5.41, 5.74) is 0.480. The van der Waals surface area contributed by atoms with E-state index in [2.05, 4.69) is 20.8 Å². The zero-order valence-electron chi connectivity index (χ0n) is 15.6. The maximum absolute atomic E-state index is 12.2. The number of rotatable bonds is 6. The Morgan fingerprint density at radius 1 is 1.18 bits per heavy atom. The van der Waals surface area contributed by atoms with Crippen LogP contribution in [0.15, 0.2) is 18.2 Å². The Morgan fingerprint density at radius 2 is 1.96 bits per heavy atom. The van der Waals surface area contributed by atoms with Gasteiger partial charge < -0.3 is 24.4 Å². The van der Waals surface area contributed by atoms with Crippen LogP contribution in [-0.2, 0) is 16.0 Å². The zero-order chi connectivity index (χ0) is 19.9. The number of carbonyl (C=O) groups excluding carboxylic acids is 2. The van der Waals surface area contributed by atoms with Gasteiger partial charge in [0.25, 0.3) is 0 Å². The minimum Gasteiger partial charge on any atom is -0.497 e. The van der Waals surface area contributed by atoms with Crippen LogP contribution in [0.2, 0.25) is 0 Å². The molecule has 0 saturated carbocycles. The Balaban J connectivity index is 1.56. The molecule has 0 unspecified atom stereocenters. The van der Waals surface area contributed by atoms with Crippen LogP contribution in [0.4, 0.5) is 15.6 Å². The molecule has 2 heterocycles. The van der Waals surface area contributed by atoms with Crippen LogP contribution in [-0.4, -0.2) is 67.6 Å². The molecule has 1 aliphatic heterocycles. The molecule has 1 aromatic carbocycles. The van der Waals surface area contributed by atoms with Gasteiger partial charge in [0.2, 0.25) is 11.0 Å². The number of nitrogens with zero attached hydrogens (tertiary/aromatic N) is 3. The van der Waals surface area contributed by atoms with Crippen molar-refractivity contribution in [3.63, 3.8) is 0 Å². The topological polar surface area (TPSA) is 115 Å². The van der Waals surface area contributed by atoms with E-state index >= 15 is 0 Å². The molecule has 2 N–H and O–H groups in total. The summed E-state index contributed by atoms with van der Waals surface area (Å²) >= 11 is 1.16. The first-order valence-electron chi connectivity index (χ1n) is 8.57. The van der Waals surface area contributed by atoms with Crippen molar-refractivity contribution in [2.75, 3.05) is 51.2 Å². The molecule has 0 radical (unpaired) electrons. The lowest BCUT2D eigenvalue weighted by Crippen LogP contribution is -2.41. The van der Waals surface area contributed by atoms with Crippen molar-refractivity contribution in [3.8, 4) is 11.5 Å². The van der Waals surface area contributed by atoms with Crippen molar-refractivity contribution < 1.29 is 23.8 Å². The van der Waals surface area contributed by atoms with Gasteiger partial charge in [0.1, 0.15) is 16.5 Å². The molecule has 1 saturated heterocycles. The summed E-state index contributed by atoms with van der Waals surface area (Å²) in [4.78, 5) is 26.2. The molecule has 1 fully saturated rings. The molecule has 2 aromatic rings. The van der Waals surface area contributed by atoms with E-state index < -0.39 is 6.03 Å². The number of ether oxygens (including phenoxy) is 3. The highest BCUT2D eigenvalue weighted by Gasteiger charge is 2.19. The quantitative estimate of drug-likeness (QED) is 0.747. The lowest BCUT2D eigenvalue weighted by Gasteiger charge is -2.26. The number of nitrogens with one attached hydrogen (secondary N) is 2. The summed E-state index contributed by atoms with van der Waals surface area (Å²) < 4.78 is 15.6. The largest absolute Gasteiger partial charge is 0.497 e. The second kappa shape index (κ2) is 9.33. The van der Waals surface area contributed by atoms with Crippen molar-refractivity contribution in [1.29, 1.82) is 0 Å². The third kappa shape index (κ3) is 5.08. The van der Waals surface area contributed by atoms with Gasteiger partial charge in [-0.3, -0.25) is 10.1 Å². The minimum atomic E-state index is -0.495. The summed E-state index contributed by atoms with van der Waals surface area (Å²) in [5, 5.41) is 14.0. The fourth-order valence-electron chi connectivity index (χ4n) is 2.58. The summed E-state index contributed by atoms with van der Waals surface area (Å²) in [6, 6.07) is 4.55. The summed E-state index contributed by atoms with van der Waals surface area (Å²) in [6.07, 6.45) is 0.146. The van der Waals surface area contributed by atoms with Gasteiger partial charge in [0.05, 0.1) is 39.5 Å². The lowest BCUT2D eigenvalue weighted by molar-refractivity contribution is -0.134. The van der Waals surface area contributed by atoms with E-state index in [1.54, 1.807) is 30.2 Å². The van der Waals surface area contributed by atoms with Crippen LogP contribution in [0.25, 0.3) is 0 Å². The Kier molecular flexibility index (Phi) is 6.61. The first-order chi connectivity index (χ1) is 13.6. The predicted molar refractivity (Wildman–Crippen MR) is 103 cm³/mol. The Labute approximate surface area is 165 Å². The molecule has 3 amide bonds. The average Bonchev–Trinajstić information content (AvgIpc) is 3.15. The van der Waals surface area contributed by atoms with Crippen molar-refractivity contribution >= 4 is 34.1 Å². The number of benzene rings is 1. The molecule has 0 atom stereocenters. The number of hydrogen-bond acceptors (Lipinski definition) is 8. The van der Waals surface area contributed by atoms with E-state index in [4.69, 9.17) is 14.2 Å². The molecule has 3 rings (SSSR count). The number of urea groups is 1. The molecule has 1 aromatic heterocycles. The van der Waals surface area contributed by atoms with E-state index in [9.17, 15) is 9.59 Å². The number of anilines is 2. The van der Waals surface area contributed by atoms with Gasteiger partial charge in [-0.2, -0.15) is 0 Å². The number of aromatic nitrogens is 2. The van der Waals surface area contributed by atoms with Gasteiger partial charge in [-0.05, 0) is 12.1 Å². The van der Waals surface area contributed by atoms with Crippen molar-refractivity contribution in [2.24, 2.45) is 0 Å². The highest BCUT2D eigenvalue weighted by molar-refractivity contribution is 7.15. The van der Waals surface area contributed by atoms with Crippen LogP contribution < -0.4 is 20.1 Å². The Bertz CT molecular complexity index is 837.